The van der Waals surface area contributed by atoms with Gasteiger partial charge in [0, 0.05) is 11.8 Å². The summed E-state index contributed by atoms with van der Waals surface area (Å²) in [6.07, 6.45) is 2.71. The molecule has 1 saturated heterocycles. The fourth-order valence-corrected chi connectivity index (χ4v) is 2.97. The lowest BCUT2D eigenvalue weighted by Gasteiger charge is -2.45. The highest BCUT2D eigenvalue weighted by molar-refractivity contribution is 5.98. The zero-order valence-electron chi connectivity index (χ0n) is 14.0. The summed E-state index contributed by atoms with van der Waals surface area (Å²) in [5.41, 5.74) is 7.31. The number of nitrogens with two attached hydrogens (primary N) is 1. The molecule has 0 bridgehead atoms. The van der Waals surface area contributed by atoms with E-state index in [1.165, 1.54) is 0 Å². The Labute approximate surface area is 141 Å². The number of aromatic nitrogens is 1. The first-order chi connectivity index (χ1) is 11.6. The number of benzene rings is 1. The minimum Gasteiger partial charge on any atom is -0.490 e. The van der Waals surface area contributed by atoms with Crippen LogP contribution >= 0.6 is 0 Å². The second kappa shape index (κ2) is 6.61. The van der Waals surface area contributed by atoms with E-state index in [0.29, 0.717) is 11.3 Å². The predicted molar refractivity (Wildman–Crippen MR) is 91.8 cm³/mol. The molecule has 126 valence electrons. The van der Waals surface area contributed by atoms with Crippen LogP contribution in [-0.2, 0) is 4.74 Å². The molecule has 1 unspecified atom stereocenters. The number of ether oxygens (including phenoxy) is 2. The number of hydrogen-bond acceptors (Lipinski definition) is 4. The highest BCUT2D eigenvalue weighted by Crippen LogP contribution is 2.37. The van der Waals surface area contributed by atoms with Crippen LogP contribution in [0.25, 0.3) is 11.3 Å². The zero-order valence-corrected chi connectivity index (χ0v) is 14.0. The highest BCUT2D eigenvalue weighted by Gasteiger charge is 2.43. The maximum absolute atomic E-state index is 11.6. The molecule has 5 heteroatoms. The standard InChI is InChI=1S/C19H22N2O3/c1-3-19(11-23-12-19)13(2)24-15-7-4-6-14(10-15)17-16(18(20)22)8-5-9-21-17/h4-10,13H,3,11-12H2,1-2H3,(H2,20,22). The molecular formula is C19H22N2O3. The van der Waals surface area contributed by atoms with Crippen molar-refractivity contribution in [2.45, 2.75) is 26.4 Å². The number of carbonyl (C=O) groups is 1. The van der Waals surface area contributed by atoms with Crippen molar-refractivity contribution in [1.82, 2.24) is 4.98 Å². The summed E-state index contributed by atoms with van der Waals surface area (Å²) in [5.74, 6) is 0.259. The molecule has 1 aliphatic heterocycles. The van der Waals surface area contributed by atoms with Gasteiger partial charge in [0.05, 0.1) is 29.9 Å². The monoisotopic (exact) mass is 326 g/mol. The Morgan fingerprint density at radius 2 is 2.17 bits per heavy atom. The van der Waals surface area contributed by atoms with Gasteiger partial charge in [-0.2, -0.15) is 0 Å². The van der Waals surface area contributed by atoms with Gasteiger partial charge in [0.2, 0.25) is 0 Å². The van der Waals surface area contributed by atoms with Gasteiger partial charge in [-0.1, -0.05) is 19.1 Å². The van der Waals surface area contributed by atoms with Crippen LogP contribution in [0.5, 0.6) is 5.75 Å². The second-order valence-corrected chi connectivity index (χ2v) is 6.26. The summed E-state index contributed by atoms with van der Waals surface area (Å²) in [7, 11) is 0. The molecule has 2 aromatic rings. The van der Waals surface area contributed by atoms with Gasteiger partial charge in [0.25, 0.3) is 5.91 Å². The van der Waals surface area contributed by atoms with Crippen LogP contribution in [0.1, 0.15) is 30.6 Å². The summed E-state index contributed by atoms with van der Waals surface area (Å²) in [6, 6.07) is 11.0. The van der Waals surface area contributed by atoms with Gasteiger partial charge in [-0.25, -0.2) is 0 Å². The molecule has 5 nitrogen and oxygen atoms in total. The topological polar surface area (TPSA) is 74.4 Å². The van der Waals surface area contributed by atoms with Crippen molar-refractivity contribution in [2.75, 3.05) is 13.2 Å². The summed E-state index contributed by atoms with van der Waals surface area (Å²) < 4.78 is 11.5. The van der Waals surface area contributed by atoms with Gasteiger partial charge >= 0.3 is 0 Å². The number of amides is 1. The zero-order chi connectivity index (χ0) is 17.2. The van der Waals surface area contributed by atoms with Gasteiger partial charge in [-0.15, -0.1) is 0 Å². The Hall–Kier alpha value is -2.40. The number of nitrogens with zero attached hydrogens (tertiary/aromatic N) is 1. The van der Waals surface area contributed by atoms with Crippen molar-refractivity contribution in [3.8, 4) is 17.0 Å². The number of primary amides is 1. The van der Waals surface area contributed by atoms with Crippen molar-refractivity contribution < 1.29 is 14.3 Å². The maximum atomic E-state index is 11.6. The van der Waals surface area contributed by atoms with Crippen molar-refractivity contribution in [2.24, 2.45) is 11.1 Å². The first-order valence-electron chi connectivity index (χ1n) is 8.15. The molecule has 0 radical (unpaired) electrons. The van der Waals surface area contributed by atoms with Crippen molar-refractivity contribution >= 4 is 5.91 Å². The van der Waals surface area contributed by atoms with E-state index >= 15 is 0 Å². The van der Waals surface area contributed by atoms with Gasteiger partial charge in [0.1, 0.15) is 11.9 Å². The Bertz CT molecular complexity index is 735. The largest absolute Gasteiger partial charge is 0.490 e. The van der Waals surface area contributed by atoms with Crippen LogP contribution in [0.15, 0.2) is 42.6 Å². The first-order valence-corrected chi connectivity index (χ1v) is 8.15. The van der Waals surface area contributed by atoms with Crippen LogP contribution in [-0.4, -0.2) is 30.2 Å². The molecule has 2 heterocycles. The molecule has 1 atom stereocenters. The molecule has 24 heavy (non-hydrogen) atoms. The third-order valence-corrected chi connectivity index (χ3v) is 4.84. The molecule has 2 N–H and O–H groups in total. The lowest BCUT2D eigenvalue weighted by atomic mass is 9.78. The van der Waals surface area contributed by atoms with Crippen LogP contribution < -0.4 is 10.5 Å². The first kappa shape index (κ1) is 16.5. The molecule has 1 amide bonds. The average molecular weight is 326 g/mol. The molecule has 3 rings (SSSR count). The van der Waals surface area contributed by atoms with Gasteiger partial charge in [0.15, 0.2) is 0 Å². The van der Waals surface area contributed by atoms with Crippen molar-refractivity contribution in [3.63, 3.8) is 0 Å². The number of rotatable bonds is 6. The Morgan fingerprint density at radius 3 is 2.79 bits per heavy atom. The van der Waals surface area contributed by atoms with Crippen LogP contribution in [0.4, 0.5) is 0 Å². The van der Waals surface area contributed by atoms with E-state index in [1.54, 1.807) is 18.3 Å². The van der Waals surface area contributed by atoms with E-state index in [9.17, 15) is 4.79 Å². The molecular weight excluding hydrogens is 304 g/mol. The molecule has 1 aromatic heterocycles. The van der Waals surface area contributed by atoms with Crippen molar-refractivity contribution in [3.05, 3.63) is 48.2 Å². The lowest BCUT2D eigenvalue weighted by Crippen LogP contribution is -2.52. The van der Waals surface area contributed by atoms with E-state index in [2.05, 4.69) is 18.8 Å². The van der Waals surface area contributed by atoms with E-state index in [-0.39, 0.29) is 11.5 Å². The van der Waals surface area contributed by atoms with E-state index in [4.69, 9.17) is 15.2 Å². The average Bonchev–Trinajstić information content (AvgIpc) is 2.54. The van der Waals surface area contributed by atoms with Gasteiger partial charge in [-0.05, 0) is 37.6 Å². The number of hydrogen-bond donors (Lipinski definition) is 1. The third-order valence-electron chi connectivity index (χ3n) is 4.84. The van der Waals surface area contributed by atoms with E-state index in [0.717, 1.165) is 30.9 Å². The highest BCUT2D eigenvalue weighted by atomic mass is 16.5. The SMILES string of the molecule is CCC1(C(C)Oc2cccc(-c3ncccc3C(N)=O)c2)COC1. The lowest BCUT2D eigenvalue weighted by molar-refractivity contribution is -0.161. The van der Waals surface area contributed by atoms with Gasteiger partial charge < -0.3 is 15.2 Å². The van der Waals surface area contributed by atoms with E-state index < -0.39 is 5.91 Å². The Kier molecular flexibility index (Phi) is 4.53. The minimum absolute atomic E-state index is 0.0471. The molecule has 0 spiro atoms. The fraction of sp³-hybridized carbons (Fsp3) is 0.368. The molecule has 0 aliphatic carbocycles. The molecule has 1 aromatic carbocycles. The summed E-state index contributed by atoms with van der Waals surface area (Å²) in [6.45, 7) is 5.70. The number of pyridine rings is 1. The second-order valence-electron chi connectivity index (χ2n) is 6.26. The summed E-state index contributed by atoms with van der Waals surface area (Å²) in [4.78, 5) is 15.9. The molecule has 0 saturated carbocycles. The minimum atomic E-state index is -0.491. The third kappa shape index (κ3) is 2.99. The van der Waals surface area contributed by atoms with Crippen molar-refractivity contribution in [1.29, 1.82) is 0 Å². The summed E-state index contributed by atoms with van der Waals surface area (Å²) in [5, 5.41) is 0. The van der Waals surface area contributed by atoms with Crippen LogP contribution in [0.2, 0.25) is 0 Å². The number of carbonyl (C=O) groups excluding carboxylic acids is 1. The fourth-order valence-electron chi connectivity index (χ4n) is 2.97. The smallest absolute Gasteiger partial charge is 0.250 e. The normalized spacial score (nSPS) is 16.9. The maximum Gasteiger partial charge on any atom is 0.250 e. The van der Waals surface area contributed by atoms with Crippen LogP contribution in [0, 0.1) is 5.41 Å². The molecule has 1 fully saturated rings. The Balaban J connectivity index is 1.86. The van der Waals surface area contributed by atoms with Gasteiger partial charge in [-0.3, -0.25) is 9.78 Å². The van der Waals surface area contributed by atoms with Crippen LogP contribution in [0.3, 0.4) is 0 Å². The van der Waals surface area contributed by atoms with E-state index in [1.807, 2.05) is 24.3 Å². The quantitative estimate of drug-likeness (QED) is 0.885. The Morgan fingerprint density at radius 1 is 1.38 bits per heavy atom. The molecule has 1 aliphatic rings. The summed E-state index contributed by atoms with van der Waals surface area (Å²) >= 11 is 0. The predicted octanol–water partition coefficient (Wildman–Crippen LogP) is 3.04.